The minimum atomic E-state index is -0.417. The van der Waals surface area contributed by atoms with Crippen LogP contribution in [0.5, 0.6) is 0 Å². The zero-order valence-electron chi connectivity index (χ0n) is 15.9. The standard InChI is InChI=1S/C11H20O2.C9H11.Ir/c1-10(2,3)8(12)7-9(13)11(4,5)6;1-7-5-4-6-8(2)9(7)3;/h7,12H,1-6H3;4-5H,1-3H3;/q;-1;/b8-7-;;. The normalized spacial score (nSPS) is 12.0. The minimum Gasteiger partial charge on any atom is -0.512 e. The first-order valence-corrected chi connectivity index (χ1v) is 7.67. The summed E-state index contributed by atoms with van der Waals surface area (Å²) in [5.74, 6) is 0.104. The molecule has 0 atom stereocenters. The van der Waals surface area contributed by atoms with Gasteiger partial charge in [0.2, 0.25) is 0 Å². The second-order valence-corrected chi connectivity index (χ2v) is 7.80. The Morgan fingerprint density at radius 3 is 1.83 bits per heavy atom. The van der Waals surface area contributed by atoms with E-state index in [-0.39, 0.29) is 37.1 Å². The molecule has 0 fully saturated rings. The summed E-state index contributed by atoms with van der Waals surface area (Å²) >= 11 is 0. The van der Waals surface area contributed by atoms with Crippen molar-refractivity contribution in [1.82, 2.24) is 0 Å². The Hall–Kier alpha value is -0.921. The molecule has 3 heteroatoms. The van der Waals surface area contributed by atoms with Crippen LogP contribution in [0.1, 0.15) is 58.2 Å². The van der Waals surface area contributed by atoms with Gasteiger partial charge in [-0.25, -0.2) is 0 Å². The Balaban J connectivity index is 0. The molecule has 133 valence electrons. The van der Waals surface area contributed by atoms with Crippen LogP contribution in [0.15, 0.2) is 24.0 Å². The Bertz CT molecular complexity index is 523. The first-order chi connectivity index (χ1) is 9.76. The van der Waals surface area contributed by atoms with Crippen LogP contribution >= 0.6 is 0 Å². The molecule has 1 aromatic carbocycles. The molecule has 1 aromatic rings. The molecule has 0 unspecified atom stereocenters. The van der Waals surface area contributed by atoms with Crippen LogP contribution in [0, 0.1) is 37.7 Å². The van der Waals surface area contributed by atoms with E-state index in [1.165, 1.54) is 22.8 Å². The number of allylic oxidation sites excluding steroid dienone is 2. The molecular formula is C20H31IrO2-. The van der Waals surface area contributed by atoms with Crippen LogP contribution in [-0.4, -0.2) is 10.9 Å². The van der Waals surface area contributed by atoms with Gasteiger partial charge in [0.15, 0.2) is 5.78 Å². The van der Waals surface area contributed by atoms with Crippen molar-refractivity contribution in [3.8, 4) is 0 Å². The molecular weight excluding hydrogens is 464 g/mol. The number of benzene rings is 1. The molecule has 0 spiro atoms. The van der Waals surface area contributed by atoms with E-state index in [2.05, 4.69) is 32.9 Å². The van der Waals surface area contributed by atoms with Crippen molar-refractivity contribution in [2.24, 2.45) is 10.8 Å². The van der Waals surface area contributed by atoms with Gasteiger partial charge >= 0.3 is 0 Å². The topological polar surface area (TPSA) is 37.3 Å². The van der Waals surface area contributed by atoms with Crippen molar-refractivity contribution in [2.45, 2.75) is 62.3 Å². The van der Waals surface area contributed by atoms with Gasteiger partial charge in [-0.15, -0.1) is 0 Å². The monoisotopic (exact) mass is 496 g/mol. The average molecular weight is 496 g/mol. The predicted octanol–water partition coefficient (Wildman–Crippen LogP) is 5.50. The molecule has 0 saturated heterocycles. The molecule has 0 saturated carbocycles. The summed E-state index contributed by atoms with van der Waals surface area (Å²) in [4.78, 5) is 11.5. The minimum absolute atomic E-state index is 0. The average Bonchev–Trinajstić information content (AvgIpc) is 2.34. The number of hydrogen-bond acceptors (Lipinski definition) is 2. The Kier molecular flexibility index (Phi) is 9.94. The molecule has 1 radical (unpaired) electrons. The molecule has 2 nitrogen and oxygen atoms in total. The molecule has 0 aliphatic carbocycles. The molecule has 1 N–H and O–H groups in total. The molecule has 0 amide bonds. The van der Waals surface area contributed by atoms with Crippen molar-refractivity contribution in [3.05, 3.63) is 46.7 Å². The van der Waals surface area contributed by atoms with Crippen LogP contribution in [0.25, 0.3) is 0 Å². The zero-order chi connectivity index (χ0) is 17.7. The van der Waals surface area contributed by atoms with E-state index >= 15 is 0 Å². The first kappa shape index (κ1) is 24.3. The molecule has 0 bridgehead atoms. The zero-order valence-corrected chi connectivity index (χ0v) is 18.3. The fourth-order valence-electron chi connectivity index (χ4n) is 1.38. The van der Waals surface area contributed by atoms with E-state index in [4.69, 9.17) is 0 Å². The van der Waals surface area contributed by atoms with Crippen molar-refractivity contribution in [1.29, 1.82) is 0 Å². The maximum atomic E-state index is 11.5. The molecule has 0 aliphatic rings. The molecule has 0 heterocycles. The molecule has 1 rings (SSSR count). The van der Waals surface area contributed by atoms with Crippen LogP contribution in [-0.2, 0) is 24.9 Å². The van der Waals surface area contributed by atoms with Crippen molar-refractivity contribution < 1.29 is 30.0 Å². The van der Waals surface area contributed by atoms with E-state index in [1.807, 2.05) is 47.6 Å². The molecule has 0 aromatic heterocycles. The smallest absolute Gasteiger partial charge is 0.164 e. The van der Waals surface area contributed by atoms with E-state index in [9.17, 15) is 9.90 Å². The number of aliphatic hydroxyl groups excluding tert-OH is 1. The summed E-state index contributed by atoms with van der Waals surface area (Å²) in [5, 5.41) is 9.56. The van der Waals surface area contributed by atoms with Gasteiger partial charge in [0, 0.05) is 37.0 Å². The number of carbonyl (C=O) groups excluding carboxylic acids is 1. The van der Waals surface area contributed by atoms with E-state index in [1.54, 1.807) is 0 Å². The number of hydrogen-bond donors (Lipinski definition) is 1. The van der Waals surface area contributed by atoms with Crippen LogP contribution in [0.2, 0.25) is 0 Å². The summed E-state index contributed by atoms with van der Waals surface area (Å²) in [6, 6.07) is 7.20. The van der Waals surface area contributed by atoms with Gasteiger partial charge in [0.05, 0.1) is 0 Å². The van der Waals surface area contributed by atoms with Gasteiger partial charge in [-0.3, -0.25) is 4.79 Å². The predicted molar refractivity (Wildman–Crippen MR) is 94.1 cm³/mol. The van der Waals surface area contributed by atoms with Crippen LogP contribution in [0.4, 0.5) is 0 Å². The van der Waals surface area contributed by atoms with Crippen LogP contribution in [0.3, 0.4) is 0 Å². The maximum absolute atomic E-state index is 11.5. The quantitative estimate of drug-likeness (QED) is 0.317. The number of aryl methyl sites for hydroxylation is 2. The summed E-state index contributed by atoms with van der Waals surface area (Å²) in [6.45, 7) is 17.4. The van der Waals surface area contributed by atoms with Crippen molar-refractivity contribution in [2.75, 3.05) is 0 Å². The maximum Gasteiger partial charge on any atom is 0.164 e. The summed E-state index contributed by atoms with van der Waals surface area (Å²) in [5.41, 5.74) is 3.21. The Morgan fingerprint density at radius 1 is 1.04 bits per heavy atom. The van der Waals surface area contributed by atoms with E-state index in [0.29, 0.717) is 0 Å². The van der Waals surface area contributed by atoms with Gasteiger partial charge in [0.25, 0.3) is 0 Å². The van der Waals surface area contributed by atoms with Crippen molar-refractivity contribution in [3.63, 3.8) is 0 Å². The second-order valence-electron chi connectivity index (χ2n) is 7.80. The van der Waals surface area contributed by atoms with Gasteiger partial charge in [0.1, 0.15) is 5.76 Å². The second kappa shape index (κ2) is 9.39. The number of carbonyl (C=O) groups is 1. The summed E-state index contributed by atoms with van der Waals surface area (Å²) in [6.07, 6.45) is 1.33. The third kappa shape index (κ3) is 9.07. The summed E-state index contributed by atoms with van der Waals surface area (Å²) in [7, 11) is 0. The number of rotatable bonds is 1. The van der Waals surface area contributed by atoms with Crippen molar-refractivity contribution >= 4 is 5.78 Å². The third-order valence-electron chi connectivity index (χ3n) is 3.56. The first-order valence-electron chi connectivity index (χ1n) is 7.67. The van der Waals surface area contributed by atoms with E-state index in [0.717, 1.165) is 0 Å². The Labute approximate surface area is 155 Å². The summed E-state index contributed by atoms with van der Waals surface area (Å²) < 4.78 is 0. The number of ketones is 1. The largest absolute Gasteiger partial charge is 0.512 e. The van der Waals surface area contributed by atoms with Gasteiger partial charge in [-0.05, 0) is 0 Å². The molecule has 0 aliphatic heterocycles. The van der Waals surface area contributed by atoms with Gasteiger partial charge < -0.3 is 5.11 Å². The SMILES string of the molecule is CC(C)(C)C(=O)/C=C(\O)C(C)(C)C.Cc1[c-]ccc(C)c1C.[Ir]. The fraction of sp³-hybridized carbons (Fsp3) is 0.550. The fourth-order valence-corrected chi connectivity index (χ4v) is 1.38. The number of aliphatic hydroxyl groups is 1. The Morgan fingerprint density at radius 2 is 1.52 bits per heavy atom. The van der Waals surface area contributed by atoms with Gasteiger partial charge in [-0.2, -0.15) is 34.9 Å². The van der Waals surface area contributed by atoms with Gasteiger partial charge in [-0.1, -0.05) is 62.3 Å². The van der Waals surface area contributed by atoms with E-state index < -0.39 is 5.41 Å². The van der Waals surface area contributed by atoms with Crippen LogP contribution < -0.4 is 0 Å². The molecule has 23 heavy (non-hydrogen) atoms. The third-order valence-corrected chi connectivity index (χ3v) is 3.56.